The molecule has 154 valence electrons. The molecule has 9 heteroatoms. The third kappa shape index (κ3) is 4.20. The summed E-state index contributed by atoms with van der Waals surface area (Å²) in [6.07, 6.45) is 0.336. The highest BCUT2D eigenvalue weighted by Crippen LogP contribution is 2.25. The van der Waals surface area contributed by atoms with E-state index in [1.807, 2.05) is 18.7 Å². The van der Waals surface area contributed by atoms with E-state index in [1.165, 1.54) is 6.07 Å². The highest BCUT2D eigenvalue weighted by atomic mass is 32.2. The van der Waals surface area contributed by atoms with Gasteiger partial charge in [-0.25, -0.2) is 17.1 Å². The maximum atomic E-state index is 13.7. The van der Waals surface area contributed by atoms with E-state index < -0.39 is 33.7 Å². The summed E-state index contributed by atoms with van der Waals surface area (Å²) in [5, 5.41) is 2.85. The van der Waals surface area contributed by atoms with Gasteiger partial charge in [0.2, 0.25) is 10.0 Å². The number of amides is 2. The number of hydrogen-bond donors (Lipinski definition) is 1. The Kier molecular flexibility index (Phi) is 5.77. The molecule has 1 aromatic rings. The fourth-order valence-corrected chi connectivity index (χ4v) is 5.30. The highest BCUT2D eigenvalue weighted by molar-refractivity contribution is 7.89. The van der Waals surface area contributed by atoms with Crippen LogP contribution in [0.4, 0.5) is 4.39 Å². The second-order valence-corrected chi connectivity index (χ2v) is 9.97. The van der Waals surface area contributed by atoms with Crippen LogP contribution in [0.5, 0.6) is 0 Å². The first-order valence-corrected chi connectivity index (χ1v) is 11.0. The summed E-state index contributed by atoms with van der Waals surface area (Å²) in [5.74, 6) is -1.37. The van der Waals surface area contributed by atoms with Crippen molar-refractivity contribution in [3.8, 4) is 0 Å². The van der Waals surface area contributed by atoms with E-state index >= 15 is 0 Å². The summed E-state index contributed by atoms with van der Waals surface area (Å²) in [6, 6.07) is 3.43. The van der Waals surface area contributed by atoms with Gasteiger partial charge in [-0.05, 0) is 37.0 Å². The predicted octanol–water partition coefficient (Wildman–Crippen LogP) is 1.13. The van der Waals surface area contributed by atoms with Crippen molar-refractivity contribution in [3.05, 3.63) is 35.1 Å². The molecule has 0 bridgehead atoms. The molecular weight excluding hydrogens is 385 g/mol. The molecule has 0 spiro atoms. The molecule has 2 saturated heterocycles. The summed E-state index contributed by atoms with van der Waals surface area (Å²) in [6.45, 7) is 6.15. The second-order valence-electron chi connectivity index (χ2n) is 7.96. The van der Waals surface area contributed by atoms with E-state index in [0.717, 1.165) is 4.31 Å². The van der Waals surface area contributed by atoms with Crippen LogP contribution in [0.1, 0.15) is 36.2 Å². The third-order valence-corrected chi connectivity index (χ3v) is 6.91. The SMILES string of the molecule is Cc1ccc(C(=O)N[C@H]2C[C@H]3C(=O)N(CC(C)C)S(=O)(=O)CCN3C2)cc1F. The van der Waals surface area contributed by atoms with E-state index in [-0.39, 0.29) is 36.4 Å². The Morgan fingerprint density at radius 2 is 2.07 bits per heavy atom. The molecular formula is C19H26FN3O4S. The average Bonchev–Trinajstić information content (AvgIpc) is 2.99. The Bertz CT molecular complexity index is 887. The molecule has 2 aliphatic heterocycles. The molecule has 7 nitrogen and oxygen atoms in total. The van der Waals surface area contributed by atoms with Gasteiger partial charge in [0.05, 0.1) is 11.8 Å². The molecule has 1 N–H and O–H groups in total. The second kappa shape index (κ2) is 7.79. The van der Waals surface area contributed by atoms with E-state index in [2.05, 4.69) is 5.32 Å². The smallest absolute Gasteiger partial charge is 0.253 e. The van der Waals surface area contributed by atoms with Gasteiger partial charge in [-0.15, -0.1) is 0 Å². The Hall–Kier alpha value is -2.00. The minimum Gasteiger partial charge on any atom is -0.348 e. The molecule has 2 atom stereocenters. The van der Waals surface area contributed by atoms with E-state index in [9.17, 15) is 22.4 Å². The Morgan fingerprint density at radius 1 is 1.36 bits per heavy atom. The van der Waals surface area contributed by atoms with Crippen LogP contribution >= 0.6 is 0 Å². The number of fused-ring (bicyclic) bond motifs is 1. The van der Waals surface area contributed by atoms with Crippen molar-refractivity contribution in [3.63, 3.8) is 0 Å². The van der Waals surface area contributed by atoms with Crippen molar-refractivity contribution >= 4 is 21.8 Å². The summed E-state index contributed by atoms with van der Waals surface area (Å²) < 4.78 is 39.6. The summed E-state index contributed by atoms with van der Waals surface area (Å²) >= 11 is 0. The van der Waals surface area contributed by atoms with Gasteiger partial charge in [0.25, 0.3) is 11.8 Å². The van der Waals surface area contributed by atoms with Gasteiger partial charge in [0, 0.05) is 31.2 Å². The molecule has 3 rings (SSSR count). The lowest BCUT2D eigenvalue weighted by Crippen LogP contribution is -2.45. The normalized spacial score (nSPS) is 24.9. The van der Waals surface area contributed by atoms with Crippen LogP contribution in [0.3, 0.4) is 0 Å². The Labute approximate surface area is 164 Å². The van der Waals surface area contributed by atoms with E-state index in [1.54, 1.807) is 19.1 Å². The lowest BCUT2D eigenvalue weighted by atomic mass is 10.1. The number of hydrogen-bond acceptors (Lipinski definition) is 5. The fraction of sp³-hybridized carbons (Fsp3) is 0.579. The van der Waals surface area contributed by atoms with Gasteiger partial charge in [0.15, 0.2) is 0 Å². The molecule has 2 aliphatic rings. The minimum atomic E-state index is -3.63. The number of aryl methyl sites for hydroxylation is 1. The van der Waals surface area contributed by atoms with Crippen molar-refractivity contribution in [2.45, 2.75) is 39.3 Å². The number of nitrogens with zero attached hydrogens (tertiary/aromatic N) is 2. The quantitative estimate of drug-likeness (QED) is 0.803. The van der Waals surface area contributed by atoms with Gasteiger partial charge < -0.3 is 5.32 Å². The van der Waals surface area contributed by atoms with Gasteiger partial charge in [-0.1, -0.05) is 19.9 Å². The van der Waals surface area contributed by atoms with Crippen molar-refractivity contribution in [1.29, 1.82) is 0 Å². The number of carbonyl (C=O) groups is 2. The molecule has 0 radical (unpaired) electrons. The molecule has 2 amide bonds. The van der Waals surface area contributed by atoms with Crippen molar-refractivity contribution in [1.82, 2.24) is 14.5 Å². The van der Waals surface area contributed by atoms with Crippen LogP contribution in [-0.4, -0.2) is 66.9 Å². The standard InChI is InChI=1S/C19H26FN3O4S/c1-12(2)10-23-19(25)17-9-15(11-22(17)6-7-28(23,26)27)21-18(24)14-5-4-13(3)16(20)8-14/h4-5,8,12,15,17H,6-7,9-11H2,1-3H3,(H,21,24)/t15-,17-/m0/s1. The van der Waals surface area contributed by atoms with Crippen molar-refractivity contribution in [2.75, 3.05) is 25.4 Å². The first-order chi connectivity index (χ1) is 13.1. The predicted molar refractivity (Wildman–Crippen MR) is 103 cm³/mol. The summed E-state index contributed by atoms with van der Waals surface area (Å²) in [7, 11) is -3.63. The van der Waals surface area contributed by atoms with Gasteiger partial charge >= 0.3 is 0 Å². The number of nitrogens with one attached hydrogen (secondary N) is 1. The average molecular weight is 411 g/mol. The first-order valence-electron chi connectivity index (χ1n) is 9.44. The molecule has 2 heterocycles. The zero-order chi connectivity index (χ0) is 20.6. The number of halogens is 1. The van der Waals surface area contributed by atoms with Crippen LogP contribution in [0.15, 0.2) is 18.2 Å². The molecule has 28 heavy (non-hydrogen) atoms. The maximum Gasteiger partial charge on any atom is 0.253 e. The first kappa shape index (κ1) is 20.7. The van der Waals surface area contributed by atoms with Crippen LogP contribution in [0.25, 0.3) is 0 Å². The molecule has 1 aromatic carbocycles. The monoisotopic (exact) mass is 411 g/mol. The number of rotatable bonds is 4. The van der Waals surface area contributed by atoms with E-state index in [4.69, 9.17) is 0 Å². The number of benzene rings is 1. The van der Waals surface area contributed by atoms with E-state index in [0.29, 0.717) is 18.5 Å². The van der Waals surface area contributed by atoms with Crippen LogP contribution in [0.2, 0.25) is 0 Å². The van der Waals surface area contributed by atoms with Crippen LogP contribution < -0.4 is 5.32 Å². The third-order valence-electron chi connectivity index (χ3n) is 5.21. The Balaban J connectivity index is 1.72. The number of carbonyl (C=O) groups excluding carboxylic acids is 2. The zero-order valence-electron chi connectivity index (χ0n) is 16.3. The van der Waals surface area contributed by atoms with Gasteiger partial charge in [0.1, 0.15) is 5.82 Å². The van der Waals surface area contributed by atoms with Crippen molar-refractivity contribution < 1.29 is 22.4 Å². The topological polar surface area (TPSA) is 86.8 Å². The largest absolute Gasteiger partial charge is 0.348 e. The van der Waals surface area contributed by atoms with Crippen LogP contribution in [-0.2, 0) is 14.8 Å². The molecule has 2 fully saturated rings. The molecule has 0 saturated carbocycles. The van der Waals surface area contributed by atoms with Gasteiger partial charge in [-0.2, -0.15) is 0 Å². The summed E-state index contributed by atoms with van der Waals surface area (Å²) in [4.78, 5) is 27.2. The number of sulfonamides is 1. The lowest BCUT2D eigenvalue weighted by Gasteiger charge is -2.25. The molecule has 0 aliphatic carbocycles. The van der Waals surface area contributed by atoms with Crippen LogP contribution in [0, 0.1) is 18.7 Å². The van der Waals surface area contributed by atoms with Crippen molar-refractivity contribution in [2.24, 2.45) is 5.92 Å². The Morgan fingerprint density at radius 3 is 2.71 bits per heavy atom. The molecule has 0 unspecified atom stereocenters. The fourth-order valence-electron chi connectivity index (χ4n) is 3.70. The highest BCUT2D eigenvalue weighted by Gasteiger charge is 2.45. The zero-order valence-corrected chi connectivity index (χ0v) is 17.1. The summed E-state index contributed by atoms with van der Waals surface area (Å²) in [5.41, 5.74) is 0.684. The minimum absolute atomic E-state index is 0.0265. The molecule has 0 aromatic heterocycles. The maximum absolute atomic E-state index is 13.7. The van der Waals surface area contributed by atoms with Gasteiger partial charge in [-0.3, -0.25) is 14.5 Å². The lowest BCUT2D eigenvalue weighted by molar-refractivity contribution is -0.130.